The standard InChI is InChI=1S/C60H121N2O6P/c1-6-8-10-12-14-16-18-20-22-24-26-28-30-31-32-33-35-37-39-41-43-45-47-49-51-53-59(63)58(57-68-69(65,66)67-56-55-62(3,4)5)61-60(64)54-52-50-48-46-44-42-40-38-36-34-29-27-25-23-21-19-17-15-13-11-9-7-2/h34,36,58-59,63H,6-33,35,37-57H2,1-5H3,(H-,61,64,65,66)/b36-34-. The van der Waals surface area contributed by atoms with Gasteiger partial charge in [-0.25, -0.2) is 0 Å². The first-order valence-corrected chi connectivity index (χ1v) is 32.0. The van der Waals surface area contributed by atoms with Crippen molar-refractivity contribution >= 4 is 13.7 Å². The third-order valence-electron chi connectivity index (χ3n) is 14.3. The van der Waals surface area contributed by atoms with Crippen LogP contribution in [0.5, 0.6) is 0 Å². The Morgan fingerprint density at radius 2 is 0.797 bits per heavy atom. The number of unbranched alkanes of at least 4 members (excludes halogenated alkanes) is 42. The topological polar surface area (TPSA) is 108 Å². The number of nitrogens with zero attached hydrogens (tertiary/aromatic N) is 1. The van der Waals surface area contributed by atoms with E-state index in [1.54, 1.807) is 0 Å². The van der Waals surface area contributed by atoms with E-state index in [-0.39, 0.29) is 19.1 Å². The highest BCUT2D eigenvalue weighted by Crippen LogP contribution is 2.38. The average molecular weight is 998 g/mol. The SMILES string of the molecule is CCCCCCCCCCCCC/C=C\CCCCCCCCCC(=O)NC(COP(=O)([O-])OCC[N+](C)(C)C)C(O)CCCCCCCCCCCCCCCCCCCCCCCCCCC. The maximum atomic E-state index is 13.0. The highest BCUT2D eigenvalue weighted by molar-refractivity contribution is 7.45. The first-order chi connectivity index (χ1) is 33.5. The number of quaternary nitrogens is 1. The minimum Gasteiger partial charge on any atom is -0.756 e. The Morgan fingerprint density at radius 3 is 1.13 bits per heavy atom. The van der Waals surface area contributed by atoms with Crippen molar-refractivity contribution in [1.29, 1.82) is 0 Å². The zero-order chi connectivity index (χ0) is 50.6. The lowest BCUT2D eigenvalue weighted by atomic mass is 10.0. The molecule has 0 heterocycles. The van der Waals surface area contributed by atoms with Gasteiger partial charge in [0, 0.05) is 6.42 Å². The van der Waals surface area contributed by atoms with Crippen LogP contribution in [-0.2, 0) is 18.4 Å². The smallest absolute Gasteiger partial charge is 0.268 e. The molecule has 0 fully saturated rings. The number of rotatable bonds is 57. The monoisotopic (exact) mass is 997 g/mol. The molecule has 9 heteroatoms. The summed E-state index contributed by atoms with van der Waals surface area (Å²) in [7, 11) is 1.32. The lowest BCUT2D eigenvalue weighted by Crippen LogP contribution is -2.46. The van der Waals surface area contributed by atoms with E-state index in [0.29, 0.717) is 23.9 Å². The number of phosphoric ester groups is 1. The molecule has 0 aromatic rings. The average Bonchev–Trinajstić information content (AvgIpc) is 3.31. The molecule has 8 nitrogen and oxygen atoms in total. The molecule has 1 amide bonds. The molecule has 412 valence electrons. The number of hydrogen-bond donors (Lipinski definition) is 2. The molecule has 3 atom stereocenters. The number of hydrogen-bond acceptors (Lipinski definition) is 6. The molecule has 0 aliphatic rings. The van der Waals surface area contributed by atoms with Gasteiger partial charge >= 0.3 is 0 Å². The highest BCUT2D eigenvalue weighted by Gasteiger charge is 2.24. The molecular formula is C60H121N2O6P. The van der Waals surface area contributed by atoms with Crippen LogP contribution in [0.1, 0.15) is 316 Å². The number of carbonyl (C=O) groups is 1. The summed E-state index contributed by atoms with van der Waals surface area (Å²) in [5, 5.41) is 14.1. The maximum absolute atomic E-state index is 13.0. The number of likely N-dealkylation sites (N-methyl/N-ethyl adjacent to an activating group) is 1. The van der Waals surface area contributed by atoms with E-state index in [0.717, 1.165) is 38.5 Å². The third kappa shape index (κ3) is 54.8. The van der Waals surface area contributed by atoms with E-state index in [1.807, 2.05) is 21.1 Å². The molecule has 0 aliphatic heterocycles. The molecular weight excluding hydrogens is 876 g/mol. The Bertz CT molecular complexity index is 1130. The molecule has 0 radical (unpaired) electrons. The van der Waals surface area contributed by atoms with Crippen LogP contribution < -0.4 is 10.2 Å². The van der Waals surface area contributed by atoms with Gasteiger partial charge in [-0.15, -0.1) is 0 Å². The summed E-state index contributed by atoms with van der Waals surface area (Å²) in [4.78, 5) is 25.6. The number of allylic oxidation sites excluding steroid dienone is 2. The summed E-state index contributed by atoms with van der Waals surface area (Å²) in [6.07, 6.45) is 63.9. The second-order valence-electron chi connectivity index (χ2n) is 22.4. The number of carbonyl (C=O) groups excluding carboxylic acids is 1. The first-order valence-electron chi connectivity index (χ1n) is 30.5. The van der Waals surface area contributed by atoms with Crippen molar-refractivity contribution < 1.29 is 32.9 Å². The summed E-state index contributed by atoms with van der Waals surface area (Å²) < 4.78 is 23.5. The van der Waals surface area contributed by atoms with E-state index in [1.165, 1.54) is 250 Å². The van der Waals surface area contributed by atoms with E-state index >= 15 is 0 Å². The molecule has 0 saturated heterocycles. The Hall–Kier alpha value is -0.760. The van der Waals surface area contributed by atoms with Gasteiger partial charge in [0.25, 0.3) is 7.82 Å². The molecule has 69 heavy (non-hydrogen) atoms. The van der Waals surface area contributed by atoms with Crippen LogP contribution >= 0.6 is 7.82 Å². The van der Waals surface area contributed by atoms with Gasteiger partial charge < -0.3 is 28.8 Å². The van der Waals surface area contributed by atoms with Gasteiger partial charge in [0.05, 0.1) is 39.9 Å². The number of amides is 1. The minimum atomic E-state index is -4.57. The summed E-state index contributed by atoms with van der Waals surface area (Å²) in [5.74, 6) is -0.163. The van der Waals surface area contributed by atoms with Crippen molar-refractivity contribution in [2.75, 3.05) is 40.9 Å². The van der Waals surface area contributed by atoms with Crippen LogP contribution in [0.15, 0.2) is 12.2 Å². The fourth-order valence-corrected chi connectivity index (χ4v) is 10.2. The first kappa shape index (κ1) is 68.2. The summed E-state index contributed by atoms with van der Waals surface area (Å²) in [6.45, 7) is 4.77. The van der Waals surface area contributed by atoms with Crippen LogP contribution in [-0.4, -0.2) is 68.5 Å². The molecule has 0 spiro atoms. The number of aliphatic hydroxyl groups is 1. The summed E-state index contributed by atoms with van der Waals surface area (Å²) in [6, 6.07) is -0.801. The van der Waals surface area contributed by atoms with Crippen LogP contribution in [0.4, 0.5) is 0 Å². The molecule has 3 unspecified atom stereocenters. The van der Waals surface area contributed by atoms with Crippen molar-refractivity contribution in [3.05, 3.63) is 12.2 Å². The lowest BCUT2D eigenvalue weighted by molar-refractivity contribution is -0.870. The fraction of sp³-hybridized carbons (Fsp3) is 0.950. The van der Waals surface area contributed by atoms with E-state index in [2.05, 4.69) is 31.3 Å². The van der Waals surface area contributed by atoms with Gasteiger partial charge in [0.15, 0.2) is 0 Å². The largest absolute Gasteiger partial charge is 0.756 e. The highest BCUT2D eigenvalue weighted by atomic mass is 31.2. The van der Waals surface area contributed by atoms with Crippen molar-refractivity contribution in [2.45, 2.75) is 328 Å². The summed E-state index contributed by atoms with van der Waals surface area (Å²) >= 11 is 0. The molecule has 0 saturated carbocycles. The molecule has 2 N–H and O–H groups in total. The van der Waals surface area contributed by atoms with Crippen LogP contribution in [0.25, 0.3) is 0 Å². The van der Waals surface area contributed by atoms with Gasteiger partial charge in [0.2, 0.25) is 5.91 Å². The van der Waals surface area contributed by atoms with Gasteiger partial charge in [0.1, 0.15) is 13.2 Å². The molecule has 0 aromatic heterocycles. The van der Waals surface area contributed by atoms with Gasteiger partial charge in [-0.3, -0.25) is 9.36 Å². The Kier molecular flexibility index (Phi) is 51.5. The maximum Gasteiger partial charge on any atom is 0.268 e. The van der Waals surface area contributed by atoms with Gasteiger partial charge in [-0.2, -0.15) is 0 Å². The molecule has 0 aliphatic carbocycles. The van der Waals surface area contributed by atoms with Crippen LogP contribution in [0, 0.1) is 0 Å². The van der Waals surface area contributed by atoms with Crippen LogP contribution in [0.2, 0.25) is 0 Å². The fourth-order valence-electron chi connectivity index (χ4n) is 9.45. The predicted molar refractivity (Wildman–Crippen MR) is 298 cm³/mol. The Balaban J connectivity index is 4.12. The predicted octanol–water partition coefficient (Wildman–Crippen LogP) is 18.0. The van der Waals surface area contributed by atoms with Crippen LogP contribution in [0.3, 0.4) is 0 Å². The Morgan fingerprint density at radius 1 is 0.493 bits per heavy atom. The third-order valence-corrected chi connectivity index (χ3v) is 15.2. The van der Waals surface area contributed by atoms with Crippen molar-refractivity contribution in [2.24, 2.45) is 0 Å². The second kappa shape index (κ2) is 52.1. The zero-order valence-corrected chi connectivity index (χ0v) is 47.9. The molecule has 0 aromatic carbocycles. The quantitative estimate of drug-likeness (QED) is 0.0272. The van der Waals surface area contributed by atoms with Gasteiger partial charge in [-0.1, -0.05) is 283 Å². The summed E-state index contributed by atoms with van der Waals surface area (Å²) in [5.41, 5.74) is 0. The zero-order valence-electron chi connectivity index (χ0n) is 47.0. The van der Waals surface area contributed by atoms with E-state index in [4.69, 9.17) is 9.05 Å². The lowest BCUT2D eigenvalue weighted by Gasteiger charge is -2.30. The molecule has 0 bridgehead atoms. The van der Waals surface area contributed by atoms with Crippen molar-refractivity contribution in [3.63, 3.8) is 0 Å². The number of aliphatic hydroxyl groups excluding tert-OH is 1. The molecule has 0 rings (SSSR count). The van der Waals surface area contributed by atoms with Crippen molar-refractivity contribution in [3.8, 4) is 0 Å². The second-order valence-corrected chi connectivity index (χ2v) is 23.8. The van der Waals surface area contributed by atoms with E-state index in [9.17, 15) is 19.4 Å². The van der Waals surface area contributed by atoms with E-state index < -0.39 is 20.0 Å². The van der Waals surface area contributed by atoms with Gasteiger partial charge in [-0.05, 0) is 38.5 Å². The number of nitrogens with one attached hydrogen (secondary N) is 1. The number of phosphoric acid groups is 1. The normalized spacial score (nSPS) is 13.9. The minimum absolute atomic E-state index is 0.0139. The van der Waals surface area contributed by atoms with Crippen molar-refractivity contribution in [1.82, 2.24) is 5.32 Å². The Labute approximate surface area is 431 Å².